The molecule has 5 rings (SSSR count). The van der Waals surface area contributed by atoms with Crippen molar-refractivity contribution in [2.24, 2.45) is 11.8 Å². The van der Waals surface area contributed by atoms with Crippen LogP contribution in [0.5, 0.6) is 0 Å². The molecule has 1 atom stereocenters. The quantitative estimate of drug-likeness (QED) is 0.723. The lowest BCUT2D eigenvalue weighted by molar-refractivity contribution is -0.136. The molecule has 1 unspecified atom stereocenters. The summed E-state index contributed by atoms with van der Waals surface area (Å²) in [6.45, 7) is 4.64. The van der Waals surface area contributed by atoms with Gasteiger partial charge in [0.2, 0.25) is 11.8 Å². The standard InChI is InChI=1S/C22H29N5O3/c28-20-4-2-18(21(29)25-20)27-13-17-16(22(27)30)1-3-19(24-17)26-11-7-15(8-12-26)14-5-9-23-10-6-14/h1,3,14-15,18,23H,2,4-13H2,(H,25,28,29). The van der Waals surface area contributed by atoms with Crippen LogP contribution in [0.2, 0.25) is 0 Å². The predicted octanol–water partition coefficient (Wildman–Crippen LogP) is 1.06. The van der Waals surface area contributed by atoms with Crippen molar-refractivity contribution in [1.82, 2.24) is 20.5 Å². The van der Waals surface area contributed by atoms with Crippen molar-refractivity contribution in [2.45, 2.75) is 51.1 Å². The molecular formula is C22H29N5O3. The number of fused-ring (bicyclic) bond motifs is 1. The van der Waals surface area contributed by atoms with Crippen molar-refractivity contribution in [2.75, 3.05) is 31.1 Å². The van der Waals surface area contributed by atoms with E-state index in [9.17, 15) is 14.4 Å². The molecule has 5 heterocycles. The maximum absolute atomic E-state index is 12.8. The molecule has 0 aromatic carbocycles. The Hall–Kier alpha value is -2.48. The summed E-state index contributed by atoms with van der Waals surface area (Å²) >= 11 is 0. The largest absolute Gasteiger partial charge is 0.357 e. The topological polar surface area (TPSA) is 94.6 Å². The van der Waals surface area contributed by atoms with Crippen LogP contribution >= 0.6 is 0 Å². The molecule has 3 fully saturated rings. The average molecular weight is 412 g/mol. The molecule has 3 amide bonds. The summed E-state index contributed by atoms with van der Waals surface area (Å²) in [7, 11) is 0. The lowest BCUT2D eigenvalue weighted by Crippen LogP contribution is -2.52. The highest BCUT2D eigenvalue weighted by molar-refractivity contribution is 6.05. The van der Waals surface area contributed by atoms with Gasteiger partial charge in [-0.1, -0.05) is 0 Å². The van der Waals surface area contributed by atoms with Crippen molar-refractivity contribution in [3.63, 3.8) is 0 Å². The molecule has 1 aromatic rings. The van der Waals surface area contributed by atoms with Gasteiger partial charge in [0.15, 0.2) is 0 Å². The highest BCUT2D eigenvalue weighted by Crippen LogP contribution is 2.33. The van der Waals surface area contributed by atoms with E-state index in [1.807, 2.05) is 12.1 Å². The first-order valence-corrected chi connectivity index (χ1v) is 11.2. The fourth-order valence-electron chi connectivity index (χ4n) is 5.52. The Morgan fingerprint density at radius 2 is 1.67 bits per heavy atom. The normalized spacial score (nSPS) is 26.1. The lowest BCUT2D eigenvalue weighted by Gasteiger charge is -2.38. The molecule has 2 N–H and O–H groups in total. The number of aromatic nitrogens is 1. The van der Waals surface area contributed by atoms with Crippen LogP contribution in [0.4, 0.5) is 5.82 Å². The van der Waals surface area contributed by atoms with Gasteiger partial charge in [0.1, 0.15) is 11.9 Å². The smallest absolute Gasteiger partial charge is 0.256 e. The zero-order valence-electron chi connectivity index (χ0n) is 17.2. The molecular weight excluding hydrogens is 382 g/mol. The summed E-state index contributed by atoms with van der Waals surface area (Å²) in [5.74, 6) is 1.77. The first-order valence-electron chi connectivity index (χ1n) is 11.2. The van der Waals surface area contributed by atoms with Crippen LogP contribution in [-0.4, -0.2) is 59.8 Å². The van der Waals surface area contributed by atoms with Crippen molar-refractivity contribution in [3.8, 4) is 0 Å². The summed E-state index contributed by atoms with van der Waals surface area (Å²) < 4.78 is 0. The zero-order valence-corrected chi connectivity index (χ0v) is 17.2. The number of nitrogens with one attached hydrogen (secondary N) is 2. The van der Waals surface area contributed by atoms with E-state index in [-0.39, 0.29) is 24.1 Å². The van der Waals surface area contributed by atoms with Crippen molar-refractivity contribution < 1.29 is 14.4 Å². The van der Waals surface area contributed by atoms with Gasteiger partial charge >= 0.3 is 0 Å². The third-order valence-electron chi connectivity index (χ3n) is 7.27. The Labute approximate surface area is 176 Å². The highest BCUT2D eigenvalue weighted by atomic mass is 16.2. The first-order chi connectivity index (χ1) is 14.6. The van der Waals surface area contributed by atoms with Crippen molar-refractivity contribution in [1.29, 1.82) is 0 Å². The molecule has 8 heteroatoms. The minimum Gasteiger partial charge on any atom is -0.357 e. The molecule has 0 radical (unpaired) electrons. The van der Waals surface area contributed by atoms with Gasteiger partial charge in [0.25, 0.3) is 5.91 Å². The summed E-state index contributed by atoms with van der Waals surface area (Å²) in [5.41, 5.74) is 1.32. The molecule has 0 aliphatic carbocycles. The van der Waals surface area contributed by atoms with Crippen molar-refractivity contribution >= 4 is 23.5 Å². The van der Waals surface area contributed by atoms with Crippen LogP contribution in [0.15, 0.2) is 12.1 Å². The second-order valence-electron chi connectivity index (χ2n) is 8.98. The van der Waals surface area contributed by atoms with Crippen LogP contribution in [-0.2, 0) is 16.1 Å². The van der Waals surface area contributed by atoms with Crippen molar-refractivity contribution in [3.05, 3.63) is 23.4 Å². The number of hydrogen-bond donors (Lipinski definition) is 2. The Bertz CT molecular complexity index is 858. The average Bonchev–Trinajstić information content (AvgIpc) is 3.10. The van der Waals surface area contributed by atoms with Crippen LogP contribution in [0.1, 0.15) is 54.6 Å². The van der Waals surface area contributed by atoms with Gasteiger partial charge in [-0.2, -0.15) is 0 Å². The summed E-state index contributed by atoms with van der Waals surface area (Å²) in [5, 5.41) is 5.80. The number of hydrogen-bond acceptors (Lipinski definition) is 6. The Balaban J connectivity index is 1.25. The Kier molecular flexibility index (Phi) is 5.18. The molecule has 4 aliphatic heterocycles. The SMILES string of the molecule is O=C1CCC(N2Cc3nc(N4CCC(C5CCNCC5)CC4)ccc3C2=O)C(=O)N1. The summed E-state index contributed by atoms with van der Waals surface area (Å²) in [4.78, 5) is 45.2. The molecule has 4 aliphatic rings. The second kappa shape index (κ2) is 7.98. The van der Waals surface area contributed by atoms with Gasteiger partial charge in [-0.15, -0.1) is 0 Å². The van der Waals surface area contributed by atoms with Gasteiger partial charge in [0.05, 0.1) is 17.8 Å². The van der Waals surface area contributed by atoms with Crippen LogP contribution in [0, 0.1) is 11.8 Å². The fraction of sp³-hybridized carbons (Fsp3) is 0.636. The molecule has 30 heavy (non-hydrogen) atoms. The van der Waals surface area contributed by atoms with E-state index in [0.717, 1.165) is 49.5 Å². The maximum Gasteiger partial charge on any atom is 0.256 e. The second-order valence-corrected chi connectivity index (χ2v) is 8.98. The Morgan fingerprint density at radius 3 is 2.40 bits per heavy atom. The monoisotopic (exact) mass is 411 g/mol. The number of amides is 3. The lowest BCUT2D eigenvalue weighted by atomic mass is 9.79. The zero-order chi connectivity index (χ0) is 20.7. The number of pyridine rings is 1. The van der Waals surface area contributed by atoms with E-state index < -0.39 is 6.04 Å². The third-order valence-corrected chi connectivity index (χ3v) is 7.27. The minimum absolute atomic E-state index is 0.164. The van der Waals surface area contributed by atoms with Gasteiger partial charge in [-0.3, -0.25) is 19.7 Å². The van der Waals surface area contributed by atoms with E-state index in [1.54, 1.807) is 4.90 Å². The van der Waals surface area contributed by atoms with E-state index in [1.165, 1.54) is 25.7 Å². The van der Waals surface area contributed by atoms with E-state index in [0.29, 0.717) is 18.5 Å². The first kappa shape index (κ1) is 19.5. The summed E-state index contributed by atoms with van der Waals surface area (Å²) in [6.07, 6.45) is 5.62. The number of piperidine rings is 3. The summed E-state index contributed by atoms with van der Waals surface area (Å²) in [6, 6.07) is 3.20. The van der Waals surface area contributed by atoms with Crippen LogP contribution < -0.4 is 15.5 Å². The number of nitrogens with zero attached hydrogens (tertiary/aromatic N) is 3. The molecule has 0 spiro atoms. The number of imide groups is 1. The number of rotatable bonds is 3. The van der Waals surface area contributed by atoms with E-state index >= 15 is 0 Å². The molecule has 160 valence electrons. The van der Waals surface area contributed by atoms with Gasteiger partial charge in [0, 0.05) is 19.5 Å². The molecule has 0 saturated carbocycles. The highest BCUT2D eigenvalue weighted by Gasteiger charge is 2.40. The molecule has 1 aromatic heterocycles. The number of carbonyl (C=O) groups excluding carboxylic acids is 3. The molecule has 8 nitrogen and oxygen atoms in total. The van der Waals surface area contributed by atoms with Gasteiger partial charge in [-0.25, -0.2) is 4.98 Å². The van der Waals surface area contributed by atoms with E-state index in [2.05, 4.69) is 15.5 Å². The minimum atomic E-state index is -0.589. The maximum atomic E-state index is 12.8. The Morgan fingerprint density at radius 1 is 0.933 bits per heavy atom. The number of carbonyl (C=O) groups is 3. The van der Waals surface area contributed by atoms with Gasteiger partial charge < -0.3 is 15.1 Å². The van der Waals surface area contributed by atoms with E-state index in [4.69, 9.17) is 4.98 Å². The molecule has 0 bridgehead atoms. The van der Waals surface area contributed by atoms with Gasteiger partial charge in [-0.05, 0) is 69.2 Å². The number of anilines is 1. The predicted molar refractivity (Wildman–Crippen MR) is 111 cm³/mol. The molecule has 3 saturated heterocycles. The third kappa shape index (κ3) is 3.57. The van der Waals surface area contributed by atoms with Crippen LogP contribution in [0.3, 0.4) is 0 Å². The van der Waals surface area contributed by atoms with Crippen LogP contribution in [0.25, 0.3) is 0 Å². The fourth-order valence-corrected chi connectivity index (χ4v) is 5.52.